The third-order valence-corrected chi connectivity index (χ3v) is 4.77. The number of hydrogen-bond donors (Lipinski definition) is 1. The number of halogens is 4. The Labute approximate surface area is 193 Å². The first kappa shape index (κ1) is 26.2. The lowest BCUT2D eigenvalue weighted by Crippen LogP contribution is -2.47. The van der Waals surface area contributed by atoms with Crippen molar-refractivity contribution in [3.8, 4) is 0 Å². The minimum atomic E-state index is -3.95. The van der Waals surface area contributed by atoms with Crippen LogP contribution in [0.1, 0.15) is 51.3 Å². The molecule has 1 N–H and O–H groups in total. The number of aliphatic carboxylic acids is 1. The van der Waals surface area contributed by atoms with Crippen molar-refractivity contribution in [1.29, 1.82) is 0 Å². The predicted molar refractivity (Wildman–Crippen MR) is 113 cm³/mol. The molecule has 2 rings (SSSR count). The topological polar surface area (TPSA) is 107 Å². The largest absolute Gasteiger partial charge is 0.618 e. The maximum Gasteiger partial charge on any atom is 0.416 e. The first-order valence-electron chi connectivity index (χ1n) is 9.83. The van der Waals surface area contributed by atoms with Crippen LogP contribution in [0.15, 0.2) is 30.6 Å². The maximum absolute atomic E-state index is 15.5. The Hall–Kier alpha value is -3.08. The van der Waals surface area contributed by atoms with E-state index in [9.17, 15) is 19.9 Å². The van der Waals surface area contributed by atoms with Gasteiger partial charge in [0, 0.05) is 23.9 Å². The first-order valence-corrected chi connectivity index (χ1v) is 10.2. The number of pyridine rings is 2. The van der Waals surface area contributed by atoms with E-state index in [1.807, 2.05) is 0 Å². The van der Waals surface area contributed by atoms with Crippen LogP contribution in [-0.2, 0) is 15.5 Å². The summed E-state index contributed by atoms with van der Waals surface area (Å²) in [5.41, 5.74) is -2.65. The Morgan fingerprint density at radius 2 is 1.97 bits per heavy atom. The molecule has 0 radical (unpaired) electrons. The van der Waals surface area contributed by atoms with Gasteiger partial charge in [-0.1, -0.05) is 18.5 Å². The zero-order chi connectivity index (χ0) is 25.1. The van der Waals surface area contributed by atoms with E-state index in [0.29, 0.717) is 0 Å². The van der Waals surface area contributed by atoms with Gasteiger partial charge < -0.3 is 15.1 Å². The number of carboxylic acid groups (broad SMARTS) is 1. The summed E-state index contributed by atoms with van der Waals surface area (Å²) in [6.45, 7) is 4.37. The van der Waals surface area contributed by atoms with Crippen molar-refractivity contribution in [3.05, 3.63) is 57.9 Å². The zero-order valence-electron chi connectivity index (χ0n) is 18.3. The normalized spacial score (nSPS) is 12.8. The molecule has 12 heteroatoms. The van der Waals surface area contributed by atoms with Crippen LogP contribution in [0, 0.1) is 11.0 Å². The van der Waals surface area contributed by atoms with E-state index in [1.165, 1.54) is 39.8 Å². The molecule has 2 aromatic rings. The van der Waals surface area contributed by atoms with Crippen LogP contribution in [0.3, 0.4) is 0 Å². The third-order valence-electron chi connectivity index (χ3n) is 4.47. The smallest absolute Gasteiger partial charge is 0.416 e. The van der Waals surface area contributed by atoms with Crippen LogP contribution in [-0.4, -0.2) is 34.3 Å². The van der Waals surface area contributed by atoms with Crippen molar-refractivity contribution in [1.82, 2.24) is 4.98 Å². The molecule has 0 aliphatic rings. The van der Waals surface area contributed by atoms with Gasteiger partial charge in [0.05, 0.1) is 10.9 Å². The molecule has 180 valence electrons. The molecule has 0 aliphatic heterocycles. The molecule has 0 aromatic carbocycles. The Kier molecular flexibility index (Phi) is 7.79. The summed E-state index contributed by atoms with van der Waals surface area (Å²) >= 11 is 5.97. The summed E-state index contributed by atoms with van der Waals surface area (Å²) in [6.07, 6.45) is 0.266. The second-order valence-corrected chi connectivity index (χ2v) is 8.55. The van der Waals surface area contributed by atoms with Gasteiger partial charge in [-0.05, 0) is 33.3 Å². The van der Waals surface area contributed by atoms with Crippen molar-refractivity contribution in [2.45, 2.75) is 51.6 Å². The first-order chi connectivity index (χ1) is 15.2. The highest BCUT2D eigenvalue weighted by atomic mass is 35.5. The van der Waals surface area contributed by atoms with Gasteiger partial charge >= 0.3 is 18.0 Å². The molecule has 2 heterocycles. The molecule has 0 aliphatic carbocycles. The highest BCUT2D eigenvalue weighted by Gasteiger charge is 2.45. The van der Waals surface area contributed by atoms with Crippen molar-refractivity contribution in [2.24, 2.45) is 0 Å². The Morgan fingerprint density at radius 1 is 1.33 bits per heavy atom. The fraction of sp³-hybridized carbons (Fsp3) is 0.429. The molecule has 1 atom stereocenters. The second-order valence-electron chi connectivity index (χ2n) is 8.14. The number of amides is 1. The van der Waals surface area contributed by atoms with E-state index in [0.717, 1.165) is 18.5 Å². The lowest BCUT2D eigenvalue weighted by atomic mass is 9.96. The van der Waals surface area contributed by atoms with Crippen molar-refractivity contribution in [2.75, 3.05) is 11.4 Å². The minimum absolute atomic E-state index is 0.0712. The number of alkyl halides is 2. The summed E-state index contributed by atoms with van der Waals surface area (Å²) in [5.74, 6) is -9.04. The average molecular weight is 490 g/mol. The predicted octanol–water partition coefficient (Wildman–Crippen LogP) is 4.62. The van der Waals surface area contributed by atoms with Crippen LogP contribution in [0.25, 0.3) is 0 Å². The van der Waals surface area contributed by atoms with Crippen molar-refractivity contribution < 1.29 is 37.3 Å². The zero-order valence-corrected chi connectivity index (χ0v) is 19.1. The maximum atomic E-state index is 15.5. The highest BCUT2D eigenvalue weighted by molar-refractivity contribution is 6.31. The van der Waals surface area contributed by atoms with Crippen LogP contribution in [0.2, 0.25) is 5.02 Å². The summed E-state index contributed by atoms with van der Waals surface area (Å²) in [7, 11) is 0. The number of hydrogen-bond acceptors (Lipinski definition) is 5. The molecule has 1 amide bonds. The average Bonchev–Trinajstić information content (AvgIpc) is 2.68. The molecule has 0 fully saturated rings. The molecular weight excluding hydrogens is 467 g/mol. The summed E-state index contributed by atoms with van der Waals surface area (Å²) < 4.78 is 50.7. The number of anilines is 1. The number of ether oxygens (including phenoxy) is 1. The van der Waals surface area contributed by atoms with Crippen LogP contribution >= 0.6 is 11.6 Å². The second kappa shape index (κ2) is 9.82. The molecule has 0 bridgehead atoms. The quantitative estimate of drug-likeness (QED) is 0.449. The number of carbonyl (C=O) groups is 2. The van der Waals surface area contributed by atoms with Gasteiger partial charge in [-0.2, -0.15) is 13.5 Å². The van der Waals surface area contributed by atoms with E-state index >= 15 is 13.2 Å². The Balaban J connectivity index is 2.66. The molecular formula is C21H23ClF3N3O5. The van der Waals surface area contributed by atoms with Crippen LogP contribution in [0.4, 0.5) is 23.8 Å². The van der Waals surface area contributed by atoms with E-state index in [-0.39, 0.29) is 21.1 Å². The lowest BCUT2D eigenvalue weighted by molar-refractivity contribution is -0.624. The van der Waals surface area contributed by atoms with Gasteiger partial charge in [0.25, 0.3) is 5.69 Å². The van der Waals surface area contributed by atoms with Gasteiger partial charge in [-0.15, -0.1) is 0 Å². The number of carboxylic acids is 1. The lowest BCUT2D eigenvalue weighted by Gasteiger charge is -2.29. The van der Waals surface area contributed by atoms with E-state index < -0.39 is 58.9 Å². The fourth-order valence-corrected chi connectivity index (χ4v) is 3.28. The molecule has 1 unspecified atom stereocenters. The molecule has 0 spiro atoms. The molecule has 8 nitrogen and oxygen atoms in total. The molecule has 0 saturated heterocycles. The van der Waals surface area contributed by atoms with Gasteiger partial charge in [0.1, 0.15) is 12.1 Å². The third kappa shape index (κ3) is 6.04. The van der Waals surface area contributed by atoms with Gasteiger partial charge in [0.15, 0.2) is 17.8 Å². The number of aromatic nitrogens is 2. The summed E-state index contributed by atoms with van der Waals surface area (Å²) in [5, 5.41) is 21.0. The monoisotopic (exact) mass is 489 g/mol. The van der Waals surface area contributed by atoms with Crippen LogP contribution in [0.5, 0.6) is 0 Å². The van der Waals surface area contributed by atoms with E-state index in [1.54, 1.807) is 0 Å². The SMILES string of the molecule is CCC(C(=O)O)c1c(Cl)cnc(N(CC(F)(F)c2cccc[n+]2[O-])C(=O)OC(C)(C)C)c1F. The number of carbonyl (C=O) groups excluding carboxylic acids is 1. The summed E-state index contributed by atoms with van der Waals surface area (Å²) in [4.78, 5) is 28.3. The number of rotatable bonds is 7. The van der Waals surface area contributed by atoms with Gasteiger partial charge in [-0.3, -0.25) is 9.69 Å². The molecule has 0 saturated carbocycles. The van der Waals surface area contributed by atoms with Gasteiger partial charge in [0.2, 0.25) is 0 Å². The van der Waals surface area contributed by atoms with Crippen LogP contribution < -0.4 is 9.63 Å². The van der Waals surface area contributed by atoms with E-state index in [2.05, 4.69) is 4.98 Å². The van der Waals surface area contributed by atoms with Gasteiger partial charge in [-0.25, -0.2) is 14.2 Å². The standard InChI is InChI=1S/C21H23ClF3N3O5/c1-5-12(18(29)30)15-13(22)10-26-17(16(15)23)27(19(31)33-20(2,3)4)11-21(24,25)14-8-6-7-9-28(14)32/h6-10,12H,5,11H2,1-4H3,(H,29,30). The molecule has 33 heavy (non-hydrogen) atoms. The summed E-state index contributed by atoms with van der Waals surface area (Å²) in [6, 6.07) is 3.30. The molecule has 2 aromatic heterocycles. The van der Waals surface area contributed by atoms with E-state index in [4.69, 9.17) is 16.3 Å². The minimum Gasteiger partial charge on any atom is -0.618 e. The highest BCUT2D eigenvalue weighted by Crippen LogP contribution is 2.36. The Bertz CT molecular complexity index is 1050. The van der Waals surface area contributed by atoms with Crippen molar-refractivity contribution in [3.63, 3.8) is 0 Å². The van der Waals surface area contributed by atoms with Crippen molar-refractivity contribution >= 4 is 29.5 Å². The number of nitrogens with zero attached hydrogens (tertiary/aromatic N) is 3. The Morgan fingerprint density at radius 3 is 2.48 bits per heavy atom. The fourth-order valence-electron chi connectivity index (χ4n) is 3.01.